The van der Waals surface area contributed by atoms with Crippen LogP contribution in [0.2, 0.25) is 0 Å². The van der Waals surface area contributed by atoms with Gasteiger partial charge in [0.25, 0.3) is 0 Å². The average molecular weight is 366 g/mol. The normalized spacial score (nSPS) is 12.0. The lowest BCUT2D eigenvalue weighted by Crippen LogP contribution is -2.03. The first-order valence-corrected chi connectivity index (χ1v) is 8.09. The van der Waals surface area contributed by atoms with Gasteiger partial charge in [-0.3, -0.25) is 0 Å². The van der Waals surface area contributed by atoms with Gasteiger partial charge >= 0.3 is 0 Å². The first-order valence-electron chi connectivity index (χ1n) is 5.81. The molecule has 0 fully saturated rings. The standard InChI is InChI=1S/C15H9BrFNO2S/c16-12-4-6-14(7-5-12)21(19,20)15(10-18)9-11-2-1-3-13(17)8-11/h1-9H. The number of allylic oxidation sites excluding steroid dienone is 1. The van der Waals surface area contributed by atoms with Crippen LogP contribution in [0.5, 0.6) is 0 Å². The van der Waals surface area contributed by atoms with Crippen LogP contribution in [0.25, 0.3) is 6.08 Å². The lowest BCUT2D eigenvalue weighted by Gasteiger charge is -2.03. The number of nitriles is 1. The fraction of sp³-hybridized carbons (Fsp3) is 0. The van der Waals surface area contributed by atoms with E-state index in [-0.39, 0.29) is 4.90 Å². The number of hydrogen-bond acceptors (Lipinski definition) is 3. The number of nitrogens with zero attached hydrogens (tertiary/aromatic N) is 1. The van der Waals surface area contributed by atoms with E-state index in [0.717, 1.165) is 16.6 Å². The highest BCUT2D eigenvalue weighted by Gasteiger charge is 2.20. The molecule has 0 radical (unpaired) electrons. The van der Waals surface area contributed by atoms with E-state index in [2.05, 4.69) is 15.9 Å². The van der Waals surface area contributed by atoms with Gasteiger partial charge < -0.3 is 0 Å². The first kappa shape index (κ1) is 15.4. The van der Waals surface area contributed by atoms with Gasteiger partial charge in [0.15, 0.2) is 0 Å². The van der Waals surface area contributed by atoms with E-state index >= 15 is 0 Å². The molecule has 0 atom stereocenters. The van der Waals surface area contributed by atoms with Gasteiger partial charge in [-0.15, -0.1) is 0 Å². The molecule has 0 N–H and O–H groups in total. The summed E-state index contributed by atoms with van der Waals surface area (Å²) in [6, 6.07) is 13.0. The average Bonchev–Trinajstić information content (AvgIpc) is 2.45. The molecule has 6 heteroatoms. The van der Waals surface area contributed by atoms with Crippen LogP contribution < -0.4 is 0 Å². The van der Waals surface area contributed by atoms with Crippen LogP contribution >= 0.6 is 15.9 Å². The Morgan fingerprint density at radius 1 is 1.19 bits per heavy atom. The molecule has 0 aromatic heterocycles. The minimum atomic E-state index is -3.92. The van der Waals surface area contributed by atoms with Crippen LogP contribution in [-0.2, 0) is 9.84 Å². The lowest BCUT2D eigenvalue weighted by atomic mass is 10.2. The van der Waals surface area contributed by atoms with Crippen molar-refractivity contribution >= 4 is 31.8 Å². The van der Waals surface area contributed by atoms with Crippen LogP contribution in [0.4, 0.5) is 4.39 Å². The molecule has 0 aliphatic carbocycles. The minimum absolute atomic E-state index is 0.00917. The molecule has 2 aromatic rings. The number of benzene rings is 2. The summed E-state index contributed by atoms with van der Waals surface area (Å²) < 4.78 is 38.6. The minimum Gasteiger partial charge on any atom is -0.218 e. The van der Waals surface area contributed by atoms with Crippen LogP contribution in [-0.4, -0.2) is 8.42 Å². The van der Waals surface area contributed by atoms with E-state index in [1.807, 2.05) is 0 Å². The quantitative estimate of drug-likeness (QED) is 0.774. The van der Waals surface area contributed by atoms with Crippen molar-refractivity contribution in [2.24, 2.45) is 0 Å². The molecule has 2 rings (SSSR count). The molecule has 0 amide bonds. The smallest absolute Gasteiger partial charge is 0.216 e. The van der Waals surface area contributed by atoms with Crippen LogP contribution in [0.15, 0.2) is 62.8 Å². The van der Waals surface area contributed by atoms with Crippen molar-refractivity contribution in [3.63, 3.8) is 0 Å². The molecule has 106 valence electrons. The van der Waals surface area contributed by atoms with Crippen LogP contribution in [0.3, 0.4) is 0 Å². The Bertz CT molecular complexity index is 837. The molecular formula is C15H9BrFNO2S. The van der Waals surface area contributed by atoms with Crippen molar-refractivity contribution in [1.82, 2.24) is 0 Å². The van der Waals surface area contributed by atoms with Crippen molar-refractivity contribution in [2.45, 2.75) is 4.90 Å². The Morgan fingerprint density at radius 3 is 2.43 bits per heavy atom. The molecule has 0 spiro atoms. The predicted molar refractivity (Wildman–Crippen MR) is 81.3 cm³/mol. The van der Waals surface area contributed by atoms with E-state index in [4.69, 9.17) is 5.26 Å². The van der Waals surface area contributed by atoms with E-state index in [9.17, 15) is 12.8 Å². The Kier molecular flexibility index (Phi) is 4.56. The van der Waals surface area contributed by atoms with Crippen molar-refractivity contribution in [1.29, 1.82) is 5.26 Å². The second-order valence-electron chi connectivity index (χ2n) is 4.13. The molecule has 0 aliphatic heterocycles. The van der Waals surface area contributed by atoms with Gasteiger partial charge in [0, 0.05) is 4.47 Å². The summed E-state index contributed by atoms with van der Waals surface area (Å²) in [5, 5.41) is 9.11. The van der Waals surface area contributed by atoms with Gasteiger partial charge in [-0.2, -0.15) is 5.26 Å². The van der Waals surface area contributed by atoms with Crippen molar-refractivity contribution in [3.8, 4) is 6.07 Å². The van der Waals surface area contributed by atoms with Crippen LogP contribution in [0.1, 0.15) is 5.56 Å². The highest BCUT2D eigenvalue weighted by Crippen LogP contribution is 2.23. The molecule has 0 heterocycles. The van der Waals surface area contributed by atoms with Gasteiger partial charge in [-0.05, 0) is 48.0 Å². The molecular weight excluding hydrogens is 357 g/mol. The van der Waals surface area contributed by atoms with Crippen LogP contribution in [0, 0.1) is 17.1 Å². The van der Waals surface area contributed by atoms with Gasteiger partial charge in [0.05, 0.1) is 4.90 Å². The Hall–Kier alpha value is -1.97. The molecule has 0 bridgehead atoms. The fourth-order valence-corrected chi connectivity index (χ4v) is 3.08. The summed E-state index contributed by atoms with van der Waals surface area (Å²) >= 11 is 3.21. The lowest BCUT2D eigenvalue weighted by molar-refractivity contribution is 0.603. The highest BCUT2D eigenvalue weighted by atomic mass is 79.9. The third-order valence-electron chi connectivity index (χ3n) is 2.67. The SMILES string of the molecule is N#CC(=Cc1cccc(F)c1)S(=O)(=O)c1ccc(Br)cc1. The molecule has 0 aliphatic rings. The zero-order valence-corrected chi connectivity index (χ0v) is 13.0. The summed E-state index contributed by atoms with van der Waals surface area (Å²) in [4.78, 5) is -0.426. The number of hydrogen-bond donors (Lipinski definition) is 0. The first-order chi connectivity index (χ1) is 9.93. The summed E-state index contributed by atoms with van der Waals surface area (Å²) in [5.41, 5.74) is 0.312. The van der Waals surface area contributed by atoms with E-state index in [1.165, 1.54) is 30.3 Å². The van der Waals surface area contributed by atoms with Crippen molar-refractivity contribution in [3.05, 3.63) is 69.3 Å². The largest absolute Gasteiger partial charge is 0.218 e. The maximum atomic E-state index is 13.1. The zero-order valence-electron chi connectivity index (χ0n) is 10.6. The van der Waals surface area contributed by atoms with Crippen molar-refractivity contribution in [2.75, 3.05) is 0 Å². The van der Waals surface area contributed by atoms with Gasteiger partial charge in [-0.25, -0.2) is 12.8 Å². The number of sulfone groups is 1. The molecule has 2 aromatic carbocycles. The Morgan fingerprint density at radius 2 is 1.86 bits per heavy atom. The molecule has 3 nitrogen and oxygen atoms in total. The van der Waals surface area contributed by atoms with Crippen molar-refractivity contribution < 1.29 is 12.8 Å². The summed E-state index contributed by atoms with van der Waals surface area (Å²) in [6.07, 6.45) is 1.15. The zero-order chi connectivity index (χ0) is 15.5. The molecule has 0 unspecified atom stereocenters. The summed E-state index contributed by atoms with van der Waals surface area (Å²) in [5.74, 6) is -0.498. The maximum Gasteiger partial charge on any atom is 0.216 e. The Labute approximate surface area is 130 Å². The Balaban J connectivity index is 2.50. The monoisotopic (exact) mass is 365 g/mol. The molecule has 21 heavy (non-hydrogen) atoms. The summed E-state index contributed by atoms with van der Waals surface area (Å²) in [7, 11) is -3.92. The molecule has 0 saturated carbocycles. The topological polar surface area (TPSA) is 57.9 Å². The fourth-order valence-electron chi connectivity index (χ4n) is 1.66. The predicted octanol–water partition coefficient (Wildman–Crippen LogP) is 3.93. The number of rotatable bonds is 3. The van der Waals surface area contributed by atoms with Gasteiger partial charge in [-0.1, -0.05) is 28.1 Å². The maximum absolute atomic E-state index is 13.1. The van der Waals surface area contributed by atoms with E-state index < -0.39 is 20.6 Å². The van der Waals surface area contributed by atoms with Gasteiger partial charge in [0.2, 0.25) is 9.84 Å². The third kappa shape index (κ3) is 3.57. The van der Waals surface area contributed by atoms with Gasteiger partial charge in [0.1, 0.15) is 16.8 Å². The number of halogens is 2. The second-order valence-corrected chi connectivity index (χ2v) is 6.97. The second kappa shape index (κ2) is 6.20. The summed E-state index contributed by atoms with van der Waals surface area (Å²) in [6.45, 7) is 0. The highest BCUT2D eigenvalue weighted by molar-refractivity contribution is 9.10. The van der Waals surface area contributed by atoms with E-state index in [1.54, 1.807) is 18.2 Å². The van der Waals surface area contributed by atoms with E-state index in [0.29, 0.717) is 5.56 Å². The third-order valence-corrected chi connectivity index (χ3v) is 4.88. The molecule has 0 saturated heterocycles.